The Morgan fingerprint density at radius 3 is 2.78 bits per heavy atom. The molecule has 0 aromatic heterocycles. The molecule has 2 heterocycles. The Bertz CT molecular complexity index is 521. The molecule has 2 aliphatic heterocycles. The highest BCUT2D eigenvalue weighted by Gasteiger charge is 2.50. The van der Waals surface area contributed by atoms with Gasteiger partial charge in [-0.1, -0.05) is 19.8 Å². The zero-order chi connectivity index (χ0) is 16.6. The van der Waals surface area contributed by atoms with Crippen molar-refractivity contribution in [3.63, 3.8) is 0 Å². The summed E-state index contributed by atoms with van der Waals surface area (Å²) < 4.78 is 0. The summed E-state index contributed by atoms with van der Waals surface area (Å²) in [5.74, 6) is 0.776. The maximum atomic E-state index is 12.9. The van der Waals surface area contributed by atoms with Gasteiger partial charge in [0.2, 0.25) is 5.91 Å². The third kappa shape index (κ3) is 2.88. The lowest BCUT2D eigenvalue weighted by molar-refractivity contribution is -0.152. The maximum Gasteiger partial charge on any atom is 0.268 e. The number of carbonyl (C=O) groups excluding carboxylic acids is 2. The van der Waals surface area contributed by atoms with Crippen molar-refractivity contribution in [2.24, 2.45) is 5.10 Å². The van der Waals surface area contributed by atoms with Gasteiger partial charge in [-0.2, -0.15) is 5.10 Å². The van der Waals surface area contributed by atoms with Gasteiger partial charge in [0.25, 0.3) is 5.91 Å². The fraction of sp³-hybridized carbons (Fsp3) is 0.812. The van der Waals surface area contributed by atoms with Crippen molar-refractivity contribution in [1.29, 1.82) is 0 Å². The summed E-state index contributed by atoms with van der Waals surface area (Å²) in [5.41, 5.74) is 2.94. The molecule has 0 spiro atoms. The van der Waals surface area contributed by atoms with Crippen LogP contribution in [0.4, 0.5) is 0 Å². The van der Waals surface area contributed by atoms with Gasteiger partial charge in [0.1, 0.15) is 12.4 Å². The molecule has 0 radical (unpaired) electrons. The number of nitrogens with zero attached hydrogens (tertiary/aromatic N) is 3. The Hall–Kier alpha value is -1.79. The van der Waals surface area contributed by atoms with E-state index < -0.39 is 6.17 Å². The third-order valence-corrected chi connectivity index (χ3v) is 5.30. The lowest BCUT2D eigenvalue weighted by Crippen LogP contribution is -2.69. The predicted molar refractivity (Wildman–Crippen MR) is 87.5 cm³/mol. The zero-order valence-corrected chi connectivity index (χ0v) is 14.2. The molecule has 1 saturated heterocycles. The number of piperazine rings is 1. The lowest BCUT2D eigenvalue weighted by atomic mass is 9.85. The minimum Gasteiger partial charge on any atom is -0.352 e. The number of nitrogens with one attached hydrogen (secondary N) is 2. The van der Waals surface area contributed by atoms with E-state index >= 15 is 0 Å². The Labute approximate surface area is 137 Å². The van der Waals surface area contributed by atoms with Crippen molar-refractivity contribution in [2.75, 3.05) is 6.54 Å². The van der Waals surface area contributed by atoms with Crippen LogP contribution in [0.2, 0.25) is 0 Å². The van der Waals surface area contributed by atoms with Crippen LogP contribution >= 0.6 is 0 Å². The molecule has 2 fully saturated rings. The Morgan fingerprint density at radius 1 is 1.39 bits per heavy atom. The van der Waals surface area contributed by atoms with Crippen molar-refractivity contribution in [2.45, 2.75) is 77.2 Å². The summed E-state index contributed by atoms with van der Waals surface area (Å²) in [6, 6.07) is 0.512. The monoisotopic (exact) mass is 321 g/mol. The highest BCUT2D eigenvalue weighted by Crippen LogP contribution is 2.34. The van der Waals surface area contributed by atoms with Crippen LogP contribution in [0.5, 0.6) is 0 Å². The molecule has 1 aliphatic carbocycles. The number of carbonyl (C=O) groups is 2. The molecule has 2 amide bonds. The van der Waals surface area contributed by atoms with E-state index in [1.54, 1.807) is 4.90 Å². The average molecular weight is 321 g/mol. The number of amides is 2. The Balaban J connectivity index is 1.77. The van der Waals surface area contributed by atoms with E-state index in [1.165, 1.54) is 6.42 Å². The molecule has 23 heavy (non-hydrogen) atoms. The summed E-state index contributed by atoms with van der Waals surface area (Å²) in [5, 5.41) is 7.21. The van der Waals surface area contributed by atoms with E-state index in [4.69, 9.17) is 0 Å². The molecular formula is C16H27N5O2. The summed E-state index contributed by atoms with van der Waals surface area (Å²) in [7, 11) is 0. The van der Waals surface area contributed by atoms with E-state index in [0.29, 0.717) is 0 Å². The van der Waals surface area contributed by atoms with Gasteiger partial charge in [0, 0.05) is 6.04 Å². The number of hydrazone groups is 1. The van der Waals surface area contributed by atoms with Gasteiger partial charge in [-0.3, -0.25) is 15.0 Å². The molecule has 0 aromatic carbocycles. The van der Waals surface area contributed by atoms with Crippen LogP contribution in [-0.2, 0) is 9.59 Å². The second kappa shape index (κ2) is 6.37. The van der Waals surface area contributed by atoms with Crippen LogP contribution in [0, 0.1) is 0 Å². The number of hydrogen-bond donors (Lipinski definition) is 2. The minimum absolute atomic E-state index is 0.0342. The van der Waals surface area contributed by atoms with Gasteiger partial charge in [0.05, 0.1) is 12.1 Å². The first kappa shape index (κ1) is 16.1. The lowest BCUT2D eigenvalue weighted by Gasteiger charge is -2.50. The highest BCUT2D eigenvalue weighted by molar-refractivity contribution is 5.94. The van der Waals surface area contributed by atoms with Crippen molar-refractivity contribution in [3.8, 4) is 0 Å². The molecule has 128 valence electrons. The van der Waals surface area contributed by atoms with Gasteiger partial charge in [-0.25, -0.2) is 0 Å². The van der Waals surface area contributed by atoms with E-state index in [-0.39, 0.29) is 36.5 Å². The molecule has 4 unspecified atom stereocenters. The van der Waals surface area contributed by atoms with Crippen LogP contribution in [-0.4, -0.2) is 58.3 Å². The molecule has 2 N–H and O–H groups in total. The first-order valence-corrected chi connectivity index (χ1v) is 8.71. The normalized spacial score (nSPS) is 31.0. The summed E-state index contributed by atoms with van der Waals surface area (Å²) in [4.78, 5) is 29.1. The molecule has 0 bridgehead atoms. The topological polar surface area (TPSA) is 77.0 Å². The van der Waals surface area contributed by atoms with Crippen molar-refractivity contribution >= 4 is 17.6 Å². The molecular weight excluding hydrogens is 294 g/mol. The van der Waals surface area contributed by atoms with E-state index in [2.05, 4.69) is 20.7 Å². The van der Waals surface area contributed by atoms with E-state index in [9.17, 15) is 9.59 Å². The Morgan fingerprint density at radius 2 is 2.09 bits per heavy atom. The second-order valence-electron chi connectivity index (χ2n) is 6.86. The van der Waals surface area contributed by atoms with E-state index in [0.717, 1.165) is 31.5 Å². The molecule has 4 atom stereocenters. The first-order chi connectivity index (χ1) is 11.0. The van der Waals surface area contributed by atoms with Gasteiger partial charge >= 0.3 is 0 Å². The summed E-state index contributed by atoms with van der Waals surface area (Å²) in [6.45, 7) is 6.11. The predicted octanol–water partition coefficient (Wildman–Crippen LogP) is 0.619. The Kier molecular flexibility index (Phi) is 4.46. The molecule has 0 aromatic rings. The third-order valence-electron chi connectivity index (χ3n) is 5.30. The van der Waals surface area contributed by atoms with Gasteiger partial charge in [-0.05, 0) is 33.1 Å². The standard InChI is InChI=1S/C16H27N5O2/c1-4-10(2)17-14(22)9-20-12-7-5-6-8-13(12)21-11(3)18-19-15(21)16(20)23/h10,12-13,15,19H,4-9H2,1-3H3,(H,17,22). The summed E-state index contributed by atoms with van der Waals surface area (Å²) in [6.07, 6.45) is 4.73. The maximum absolute atomic E-state index is 12.9. The molecule has 3 aliphatic rings. The van der Waals surface area contributed by atoms with Gasteiger partial charge in [-0.15, -0.1) is 0 Å². The van der Waals surface area contributed by atoms with Crippen molar-refractivity contribution in [1.82, 2.24) is 20.5 Å². The van der Waals surface area contributed by atoms with Gasteiger partial charge in [0.15, 0.2) is 6.17 Å². The van der Waals surface area contributed by atoms with Crippen LogP contribution in [0.15, 0.2) is 5.10 Å². The van der Waals surface area contributed by atoms with Crippen LogP contribution < -0.4 is 10.7 Å². The molecule has 3 rings (SSSR count). The van der Waals surface area contributed by atoms with Crippen LogP contribution in [0.25, 0.3) is 0 Å². The summed E-state index contributed by atoms with van der Waals surface area (Å²) >= 11 is 0. The number of hydrogen-bond acceptors (Lipinski definition) is 5. The fourth-order valence-electron chi connectivity index (χ4n) is 3.94. The molecule has 7 heteroatoms. The SMILES string of the molecule is CCC(C)NC(=O)CN1C(=O)C2NN=C(C)N2C2CCCCC21. The zero-order valence-electron chi connectivity index (χ0n) is 14.2. The second-order valence-corrected chi connectivity index (χ2v) is 6.86. The molecule has 1 saturated carbocycles. The largest absolute Gasteiger partial charge is 0.352 e. The minimum atomic E-state index is -0.439. The number of rotatable bonds is 4. The highest BCUT2D eigenvalue weighted by atomic mass is 16.2. The van der Waals surface area contributed by atoms with E-state index in [1.807, 2.05) is 20.8 Å². The van der Waals surface area contributed by atoms with Crippen molar-refractivity contribution < 1.29 is 9.59 Å². The quantitative estimate of drug-likeness (QED) is 0.796. The molecule has 7 nitrogen and oxygen atoms in total. The van der Waals surface area contributed by atoms with Crippen molar-refractivity contribution in [3.05, 3.63) is 0 Å². The van der Waals surface area contributed by atoms with Crippen LogP contribution in [0.1, 0.15) is 52.9 Å². The van der Waals surface area contributed by atoms with Gasteiger partial charge < -0.3 is 15.1 Å². The first-order valence-electron chi connectivity index (χ1n) is 8.71. The number of amidine groups is 1. The number of fused-ring (bicyclic) bond motifs is 3. The smallest absolute Gasteiger partial charge is 0.268 e. The average Bonchev–Trinajstić information content (AvgIpc) is 2.93. The van der Waals surface area contributed by atoms with Crippen LogP contribution in [0.3, 0.4) is 0 Å². The fourth-order valence-corrected chi connectivity index (χ4v) is 3.94.